The van der Waals surface area contributed by atoms with Crippen LogP contribution in [0.4, 0.5) is 0 Å². The molecule has 4 aromatic carbocycles. The van der Waals surface area contributed by atoms with E-state index in [0.717, 1.165) is 51.9 Å². The monoisotopic (exact) mass is 786 g/mol. The van der Waals surface area contributed by atoms with E-state index < -0.39 is 11.9 Å². The van der Waals surface area contributed by atoms with Crippen LogP contribution < -0.4 is 0 Å². The van der Waals surface area contributed by atoms with Crippen LogP contribution in [0, 0.1) is 41.5 Å². The third-order valence-electron chi connectivity index (χ3n) is 8.55. The first-order chi connectivity index (χ1) is 26.4. The minimum absolute atomic E-state index is 0.242. The molecule has 0 heterocycles. The predicted octanol–water partition coefficient (Wildman–Crippen LogP) is 12.1. The summed E-state index contributed by atoms with van der Waals surface area (Å²) in [6.45, 7) is 25.3. The van der Waals surface area contributed by atoms with Crippen molar-refractivity contribution < 1.29 is 19.1 Å². The number of rotatable bonds is 18. The molecule has 0 aliphatic carbocycles. The van der Waals surface area contributed by atoms with Crippen molar-refractivity contribution in [2.45, 2.75) is 121 Å². The van der Waals surface area contributed by atoms with E-state index in [4.69, 9.17) is 9.47 Å². The summed E-state index contributed by atoms with van der Waals surface area (Å²) in [5.74, 6) is -1.05. The molecule has 6 nitrogen and oxygen atoms in total. The van der Waals surface area contributed by atoms with Gasteiger partial charge in [0.1, 0.15) is 19.9 Å². The van der Waals surface area contributed by atoms with Crippen molar-refractivity contribution >= 4 is 35.5 Å². The number of carbonyl (C=O) groups excluding carboxylic acids is 2. The Balaban J connectivity index is 0.000000291. The molecule has 0 aromatic heterocycles. The summed E-state index contributed by atoms with van der Waals surface area (Å²) in [6.07, 6.45) is 3.70. The van der Waals surface area contributed by atoms with Gasteiger partial charge in [-0.15, -0.1) is 0 Å². The van der Waals surface area contributed by atoms with Gasteiger partial charge >= 0.3 is 11.9 Å². The maximum atomic E-state index is 11.7. The minimum atomic E-state index is -0.523. The number of esters is 2. The zero-order chi connectivity index (χ0) is 40.6. The maximum Gasteiger partial charge on any atom is 0.318 e. The summed E-state index contributed by atoms with van der Waals surface area (Å²) < 4.78 is 10.3. The minimum Gasteiger partial charge on any atom is -0.449 e. The van der Waals surface area contributed by atoms with E-state index in [9.17, 15) is 9.59 Å². The molecule has 0 amide bonds. The summed E-state index contributed by atoms with van der Waals surface area (Å²) >= 11 is 3.70. The fourth-order valence-electron chi connectivity index (χ4n) is 5.70. The molecule has 0 unspecified atom stereocenters. The third-order valence-corrected chi connectivity index (χ3v) is 11.3. The largest absolute Gasteiger partial charge is 0.449 e. The van der Waals surface area contributed by atoms with E-state index in [1.54, 1.807) is 0 Å². The average molecular weight is 787 g/mol. The van der Waals surface area contributed by atoms with E-state index in [-0.39, 0.29) is 19.9 Å². The Labute approximate surface area is 341 Å². The molecule has 0 spiro atoms. The van der Waals surface area contributed by atoms with Gasteiger partial charge in [0.25, 0.3) is 0 Å². The van der Waals surface area contributed by atoms with Gasteiger partial charge in [-0.2, -0.15) is 0 Å². The molecule has 300 valence electrons. The second kappa shape index (κ2) is 27.1. The Kier molecular flexibility index (Phi) is 23.5. The Morgan fingerprint density at radius 2 is 0.800 bits per heavy atom. The quantitative estimate of drug-likeness (QED) is 0.0561. The first-order valence-electron chi connectivity index (χ1n) is 19.8. The first kappa shape index (κ1) is 47.6. The summed E-state index contributed by atoms with van der Waals surface area (Å²) in [5, 5.41) is 0. The highest BCUT2D eigenvalue weighted by Crippen LogP contribution is 2.33. The lowest BCUT2D eigenvalue weighted by atomic mass is 10.2. The van der Waals surface area contributed by atoms with Gasteiger partial charge in [0, 0.05) is 45.8 Å². The Bertz CT molecular complexity index is 1590. The molecule has 4 aromatic rings. The van der Waals surface area contributed by atoms with Crippen LogP contribution in [-0.4, -0.2) is 61.4 Å². The molecule has 0 aliphatic rings. The van der Waals surface area contributed by atoms with Gasteiger partial charge in [-0.25, -0.2) is 0 Å². The van der Waals surface area contributed by atoms with Crippen molar-refractivity contribution in [2.75, 3.05) is 39.6 Å². The number of carbonyl (C=O) groups is 2. The van der Waals surface area contributed by atoms with E-state index in [1.165, 1.54) is 53.0 Å². The van der Waals surface area contributed by atoms with Crippen LogP contribution >= 0.6 is 23.5 Å². The van der Waals surface area contributed by atoms with E-state index in [1.807, 2.05) is 23.5 Å². The van der Waals surface area contributed by atoms with Crippen LogP contribution in [0.25, 0.3) is 0 Å². The summed E-state index contributed by atoms with van der Waals surface area (Å²) in [5.41, 5.74) is 8.04. The number of hydrogen-bond acceptors (Lipinski definition) is 8. The lowest BCUT2D eigenvalue weighted by Crippen LogP contribution is -2.31. The Morgan fingerprint density at radius 1 is 0.473 bits per heavy atom. The second-order valence-electron chi connectivity index (χ2n) is 14.0. The number of hydrogen-bond donors (Lipinski definition) is 0. The van der Waals surface area contributed by atoms with Crippen molar-refractivity contribution in [3.05, 3.63) is 118 Å². The van der Waals surface area contributed by atoms with Gasteiger partial charge in [0.2, 0.25) is 0 Å². The highest BCUT2D eigenvalue weighted by Gasteiger charge is 2.15. The van der Waals surface area contributed by atoms with Crippen molar-refractivity contribution in [2.24, 2.45) is 0 Å². The summed E-state index contributed by atoms with van der Waals surface area (Å²) in [4.78, 5) is 32.9. The van der Waals surface area contributed by atoms with Crippen LogP contribution in [0.2, 0.25) is 0 Å². The maximum absolute atomic E-state index is 11.7. The molecule has 0 atom stereocenters. The first-order valence-corrected chi connectivity index (χ1v) is 21.4. The lowest BCUT2D eigenvalue weighted by Gasteiger charge is -2.21. The fourth-order valence-corrected chi connectivity index (χ4v) is 7.64. The molecule has 0 aliphatic heterocycles. The number of nitrogens with zero attached hydrogens (tertiary/aromatic N) is 2. The third kappa shape index (κ3) is 19.2. The Morgan fingerprint density at radius 3 is 1.11 bits per heavy atom. The molecular formula is C47H66N2O4S2. The van der Waals surface area contributed by atoms with Gasteiger partial charge in [-0.3, -0.25) is 19.4 Å². The molecule has 4 rings (SSSR count). The SMILES string of the molecule is CCCN(CCC)COC(=O)CC(=O)OCN(CCC)CCC.Cc1ccc(Sc2ccccc2C)c(C)c1.Cc1ccc(Sc2ccccc2C)c(C)c1. The van der Waals surface area contributed by atoms with Crippen molar-refractivity contribution in [3.63, 3.8) is 0 Å². The number of ether oxygens (including phenoxy) is 2. The molecule has 0 saturated heterocycles. The van der Waals surface area contributed by atoms with Crippen molar-refractivity contribution in [1.29, 1.82) is 0 Å². The van der Waals surface area contributed by atoms with Crippen molar-refractivity contribution in [1.82, 2.24) is 9.80 Å². The number of benzene rings is 4. The van der Waals surface area contributed by atoms with Gasteiger partial charge in [-0.1, -0.05) is 123 Å². The molecule has 0 radical (unpaired) electrons. The fraction of sp³-hybridized carbons (Fsp3) is 0.447. The van der Waals surface area contributed by atoms with E-state index in [0.29, 0.717) is 0 Å². The van der Waals surface area contributed by atoms with Crippen LogP contribution in [0.5, 0.6) is 0 Å². The van der Waals surface area contributed by atoms with Crippen LogP contribution in [0.1, 0.15) is 93.2 Å². The standard InChI is InChI=1S/C17H34N2O4.2C15H16S/c1-5-9-18(10-6-2)14-22-16(20)13-17(21)23-15-19(11-7-3)12-8-4;2*1-11-8-9-15(13(3)10-11)16-14-7-5-4-6-12(14)2/h5-15H2,1-4H3;2*4-10H,1-3H3. The summed E-state index contributed by atoms with van der Waals surface area (Å²) in [6, 6.07) is 30.3. The zero-order valence-electron chi connectivity index (χ0n) is 35.2. The smallest absolute Gasteiger partial charge is 0.318 e. The van der Waals surface area contributed by atoms with Gasteiger partial charge in [0.15, 0.2) is 0 Å². The van der Waals surface area contributed by atoms with Gasteiger partial charge < -0.3 is 9.47 Å². The number of aryl methyl sites for hydroxylation is 6. The van der Waals surface area contributed by atoms with E-state index in [2.05, 4.69) is 164 Å². The highest BCUT2D eigenvalue weighted by molar-refractivity contribution is 7.99. The molecule has 8 heteroatoms. The molecular weight excluding hydrogens is 721 g/mol. The molecule has 55 heavy (non-hydrogen) atoms. The highest BCUT2D eigenvalue weighted by atomic mass is 32.2. The van der Waals surface area contributed by atoms with Crippen LogP contribution in [0.3, 0.4) is 0 Å². The zero-order valence-corrected chi connectivity index (χ0v) is 36.8. The molecule has 0 fully saturated rings. The van der Waals surface area contributed by atoms with Gasteiger partial charge in [-0.05, 0) is 114 Å². The molecule has 0 saturated carbocycles. The van der Waals surface area contributed by atoms with Crippen LogP contribution in [0.15, 0.2) is 105 Å². The van der Waals surface area contributed by atoms with Gasteiger partial charge in [0.05, 0.1) is 0 Å². The molecule has 0 N–H and O–H groups in total. The van der Waals surface area contributed by atoms with Crippen LogP contribution in [-0.2, 0) is 19.1 Å². The average Bonchev–Trinajstić information content (AvgIpc) is 3.14. The topological polar surface area (TPSA) is 59.1 Å². The normalized spacial score (nSPS) is 10.7. The lowest BCUT2D eigenvalue weighted by molar-refractivity contribution is -0.159. The Hall–Kier alpha value is -3.56. The molecule has 0 bridgehead atoms. The van der Waals surface area contributed by atoms with Crippen molar-refractivity contribution in [3.8, 4) is 0 Å². The van der Waals surface area contributed by atoms with E-state index >= 15 is 0 Å². The summed E-state index contributed by atoms with van der Waals surface area (Å²) in [7, 11) is 0. The second-order valence-corrected chi connectivity index (χ2v) is 16.1. The predicted molar refractivity (Wildman–Crippen MR) is 233 cm³/mol.